The molecule has 1 N–H and O–H groups in total. The number of amides is 1. The van der Waals surface area contributed by atoms with Gasteiger partial charge in [0.15, 0.2) is 12.7 Å². The largest absolute Gasteiger partial charge is 0.479 e. The smallest absolute Gasteiger partial charge is 0.347 e. The van der Waals surface area contributed by atoms with Crippen molar-refractivity contribution >= 4 is 11.9 Å². The molecule has 134 valence electrons. The number of hydrogen-bond donors (Lipinski definition) is 1. The van der Waals surface area contributed by atoms with Crippen LogP contribution in [0.15, 0.2) is 24.3 Å². The Bertz CT molecular complexity index is 636. The molecule has 0 aromatic heterocycles. The van der Waals surface area contributed by atoms with Gasteiger partial charge in [-0.25, -0.2) is 4.79 Å². The van der Waals surface area contributed by atoms with Crippen LogP contribution in [0.3, 0.4) is 0 Å². The van der Waals surface area contributed by atoms with E-state index in [0.29, 0.717) is 17.2 Å². The normalized spacial score (nSPS) is 20.8. The van der Waals surface area contributed by atoms with Crippen molar-refractivity contribution in [1.29, 1.82) is 5.26 Å². The van der Waals surface area contributed by atoms with Gasteiger partial charge in [-0.2, -0.15) is 5.26 Å². The first-order chi connectivity index (χ1) is 12.0. The maximum absolute atomic E-state index is 12.0. The molecule has 1 saturated carbocycles. The Morgan fingerprint density at radius 3 is 2.60 bits per heavy atom. The summed E-state index contributed by atoms with van der Waals surface area (Å²) in [6.07, 6.45) is 3.56. The minimum Gasteiger partial charge on any atom is -0.479 e. The van der Waals surface area contributed by atoms with Gasteiger partial charge in [0.2, 0.25) is 0 Å². The molecule has 1 amide bonds. The maximum Gasteiger partial charge on any atom is 0.347 e. The van der Waals surface area contributed by atoms with E-state index in [1.807, 2.05) is 6.07 Å². The van der Waals surface area contributed by atoms with Gasteiger partial charge < -0.3 is 14.8 Å². The van der Waals surface area contributed by atoms with Gasteiger partial charge in [-0.3, -0.25) is 4.79 Å². The molecule has 1 aromatic rings. The molecule has 0 heterocycles. The highest BCUT2D eigenvalue weighted by Gasteiger charge is 2.24. The number of benzene rings is 1. The molecule has 0 aliphatic heterocycles. The van der Waals surface area contributed by atoms with Crippen LogP contribution >= 0.6 is 0 Å². The highest BCUT2D eigenvalue weighted by Crippen LogP contribution is 2.23. The zero-order valence-corrected chi connectivity index (χ0v) is 14.7. The highest BCUT2D eigenvalue weighted by atomic mass is 16.6. The Labute approximate surface area is 148 Å². The first kappa shape index (κ1) is 18.8. The third-order valence-corrected chi connectivity index (χ3v) is 4.43. The van der Waals surface area contributed by atoms with E-state index in [9.17, 15) is 9.59 Å². The average molecular weight is 344 g/mol. The summed E-state index contributed by atoms with van der Waals surface area (Å²) >= 11 is 0. The Morgan fingerprint density at radius 1 is 1.28 bits per heavy atom. The number of carbonyl (C=O) groups is 2. The van der Waals surface area contributed by atoms with E-state index >= 15 is 0 Å². The van der Waals surface area contributed by atoms with Crippen molar-refractivity contribution in [1.82, 2.24) is 5.32 Å². The lowest BCUT2D eigenvalue weighted by Crippen LogP contribution is -2.43. The second kappa shape index (κ2) is 9.07. The third kappa shape index (κ3) is 5.79. The molecule has 1 fully saturated rings. The summed E-state index contributed by atoms with van der Waals surface area (Å²) in [5.41, 5.74) is 0.510. The van der Waals surface area contributed by atoms with Crippen LogP contribution in [0.5, 0.6) is 5.75 Å². The molecule has 0 radical (unpaired) electrons. The third-order valence-electron chi connectivity index (χ3n) is 4.43. The van der Waals surface area contributed by atoms with Gasteiger partial charge in [0, 0.05) is 6.04 Å². The fourth-order valence-corrected chi connectivity index (χ4v) is 2.89. The Kier molecular flexibility index (Phi) is 6.81. The predicted octanol–water partition coefficient (Wildman–Crippen LogP) is 2.56. The van der Waals surface area contributed by atoms with Gasteiger partial charge in [0.25, 0.3) is 5.91 Å². The molecule has 0 spiro atoms. The maximum atomic E-state index is 12.0. The lowest BCUT2D eigenvalue weighted by atomic mass is 9.86. The predicted molar refractivity (Wildman–Crippen MR) is 91.8 cm³/mol. The summed E-state index contributed by atoms with van der Waals surface area (Å²) in [4.78, 5) is 23.9. The number of rotatable bonds is 6. The highest BCUT2D eigenvalue weighted by molar-refractivity contribution is 5.82. The number of hydrogen-bond acceptors (Lipinski definition) is 5. The lowest BCUT2D eigenvalue weighted by Gasteiger charge is -2.29. The summed E-state index contributed by atoms with van der Waals surface area (Å²) in [5, 5.41) is 11.7. The van der Waals surface area contributed by atoms with Crippen molar-refractivity contribution in [2.75, 3.05) is 6.61 Å². The van der Waals surface area contributed by atoms with Crippen molar-refractivity contribution in [3.63, 3.8) is 0 Å². The van der Waals surface area contributed by atoms with Crippen LogP contribution in [-0.2, 0) is 14.3 Å². The Morgan fingerprint density at radius 2 is 1.96 bits per heavy atom. The molecule has 1 aliphatic carbocycles. The number of nitrogens with one attached hydrogen (secondary N) is 1. The van der Waals surface area contributed by atoms with E-state index in [1.54, 1.807) is 31.2 Å². The SMILES string of the molecule is C[C@@H]1CCCC[C@H]1NC(=O)COC(=O)[C@@H](C)Oc1ccc(C#N)cc1. The molecule has 3 atom stereocenters. The first-order valence-electron chi connectivity index (χ1n) is 8.62. The van der Waals surface area contributed by atoms with Gasteiger partial charge in [-0.15, -0.1) is 0 Å². The van der Waals surface area contributed by atoms with Crippen LogP contribution in [-0.4, -0.2) is 30.6 Å². The van der Waals surface area contributed by atoms with Crippen LogP contribution in [0.4, 0.5) is 0 Å². The second-order valence-electron chi connectivity index (χ2n) is 6.44. The first-order valence-corrected chi connectivity index (χ1v) is 8.62. The number of nitriles is 1. The lowest BCUT2D eigenvalue weighted by molar-refractivity contribution is -0.155. The minimum absolute atomic E-state index is 0.160. The average Bonchev–Trinajstić information content (AvgIpc) is 2.62. The van der Waals surface area contributed by atoms with E-state index < -0.39 is 12.1 Å². The van der Waals surface area contributed by atoms with Crippen LogP contribution in [0.1, 0.15) is 45.1 Å². The summed E-state index contributed by atoms with van der Waals surface area (Å²) in [6, 6.07) is 8.60. The molecule has 0 unspecified atom stereocenters. The van der Waals surface area contributed by atoms with E-state index in [4.69, 9.17) is 14.7 Å². The number of ether oxygens (including phenoxy) is 2. The molecular weight excluding hydrogens is 320 g/mol. The summed E-state index contributed by atoms with van der Waals surface area (Å²) in [5.74, 6) is 0.0323. The fraction of sp³-hybridized carbons (Fsp3) is 0.526. The molecule has 6 heteroatoms. The topological polar surface area (TPSA) is 88.4 Å². The summed E-state index contributed by atoms with van der Waals surface area (Å²) in [7, 11) is 0. The van der Waals surface area contributed by atoms with Gasteiger partial charge >= 0.3 is 5.97 Å². The zero-order valence-electron chi connectivity index (χ0n) is 14.7. The van der Waals surface area contributed by atoms with Crippen LogP contribution in [0.25, 0.3) is 0 Å². The Balaban J connectivity index is 1.74. The van der Waals surface area contributed by atoms with Gasteiger partial charge in [0.1, 0.15) is 5.75 Å². The van der Waals surface area contributed by atoms with Gasteiger partial charge in [-0.1, -0.05) is 19.8 Å². The van der Waals surface area contributed by atoms with Crippen LogP contribution < -0.4 is 10.1 Å². The van der Waals surface area contributed by atoms with E-state index in [0.717, 1.165) is 19.3 Å². The number of carbonyl (C=O) groups excluding carboxylic acids is 2. The fourth-order valence-electron chi connectivity index (χ4n) is 2.89. The van der Waals surface area contributed by atoms with Crippen LogP contribution in [0.2, 0.25) is 0 Å². The van der Waals surface area contributed by atoms with Crippen LogP contribution in [0, 0.1) is 17.2 Å². The zero-order chi connectivity index (χ0) is 18.2. The molecule has 25 heavy (non-hydrogen) atoms. The van der Waals surface area contributed by atoms with E-state index in [2.05, 4.69) is 12.2 Å². The molecule has 6 nitrogen and oxygen atoms in total. The monoisotopic (exact) mass is 344 g/mol. The second-order valence-corrected chi connectivity index (χ2v) is 6.44. The van der Waals surface area contributed by atoms with E-state index in [1.165, 1.54) is 6.42 Å². The van der Waals surface area contributed by atoms with E-state index in [-0.39, 0.29) is 18.6 Å². The van der Waals surface area contributed by atoms with Gasteiger partial charge in [-0.05, 0) is 49.9 Å². The summed E-state index contributed by atoms with van der Waals surface area (Å²) in [6.45, 7) is 3.38. The van der Waals surface area contributed by atoms with Crippen molar-refractivity contribution in [3.8, 4) is 11.8 Å². The minimum atomic E-state index is -0.839. The van der Waals surface area contributed by atoms with Crippen molar-refractivity contribution in [2.45, 2.75) is 51.7 Å². The quantitative estimate of drug-likeness (QED) is 0.801. The Hall–Kier alpha value is -2.55. The van der Waals surface area contributed by atoms with Crippen molar-refractivity contribution in [3.05, 3.63) is 29.8 Å². The molecule has 1 aromatic carbocycles. The molecule has 0 saturated heterocycles. The molecule has 1 aliphatic rings. The van der Waals surface area contributed by atoms with Crippen molar-refractivity contribution in [2.24, 2.45) is 5.92 Å². The standard InChI is InChI=1S/C19H24N2O4/c1-13-5-3-4-6-17(13)21-18(22)12-24-19(23)14(2)25-16-9-7-15(11-20)8-10-16/h7-10,13-14,17H,3-6,12H2,1-2H3,(H,21,22)/t13-,14-,17-/m1/s1. The number of nitrogens with zero attached hydrogens (tertiary/aromatic N) is 1. The van der Waals surface area contributed by atoms with Gasteiger partial charge in [0.05, 0.1) is 11.6 Å². The molecule has 2 rings (SSSR count). The molecular formula is C19H24N2O4. The summed E-state index contributed by atoms with van der Waals surface area (Å²) < 4.78 is 10.5. The molecule has 0 bridgehead atoms. The number of esters is 1. The van der Waals surface area contributed by atoms with Crippen molar-refractivity contribution < 1.29 is 19.1 Å².